The molecule has 5 heteroatoms. The van der Waals surface area contributed by atoms with Crippen LogP contribution in [-0.2, 0) is 0 Å². The Morgan fingerprint density at radius 2 is 1.76 bits per heavy atom. The quantitative estimate of drug-likeness (QED) is 0.728. The SMILES string of the molecule is CCN(CC)CCCN(CC)C(=O)c1cc(N)cc(Br)c1. The molecule has 0 radical (unpaired) electrons. The fraction of sp³-hybridized carbons (Fsp3) is 0.562. The number of hydrogen-bond acceptors (Lipinski definition) is 3. The molecule has 0 atom stereocenters. The predicted molar refractivity (Wildman–Crippen MR) is 92.5 cm³/mol. The van der Waals surface area contributed by atoms with Crippen LogP contribution in [0, 0.1) is 0 Å². The molecule has 1 rings (SSSR count). The molecule has 0 fully saturated rings. The second-order valence-corrected chi connectivity index (χ2v) is 5.95. The van der Waals surface area contributed by atoms with E-state index < -0.39 is 0 Å². The molecule has 0 aliphatic rings. The molecular weight excluding hydrogens is 330 g/mol. The van der Waals surface area contributed by atoms with Crippen molar-refractivity contribution >= 4 is 27.5 Å². The maximum atomic E-state index is 12.5. The first-order chi connectivity index (χ1) is 10.0. The number of carbonyl (C=O) groups is 1. The molecule has 0 aliphatic carbocycles. The molecule has 4 nitrogen and oxygen atoms in total. The molecule has 0 bridgehead atoms. The third kappa shape index (κ3) is 5.67. The van der Waals surface area contributed by atoms with Gasteiger partial charge in [0.1, 0.15) is 0 Å². The topological polar surface area (TPSA) is 49.6 Å². The Hall–Kier alpha value is -1.07. The zero-order chi connectivity index (χ0) is 15.8. The average Bonchev–Trinajstić information content (AvgIpc) is 2.46. The van der Waals surface area contributed by atoms with E-state index in [1.54, 1.807) is 12.1 Å². The number of anilines is 1. The molecule has 0 aliphatic heterocycles. The maximum absolute atomic E-state index is 12.5. The van der Waals surface area contributed by atoms with Crippen molar-refractivity contribution in [1.82, 2.24) is 9.80 Å². The number of amides is 1. The van der Waals surface area contributed by atoms with Gasteiger partial charge in [-0.1, -0.05) is 29.8 Å². The largest absolute Gasteiger partial charge is 0.399 e. The first kappa shape index (κ1) is 18.0. The number of nitrogens with two attached hydrogens (primary N) is 1. The Kier molecular flexibility index (Phi) is 7.75. The Labute approximate surface area is 136 Å². The Morgan fingerprint density at radius 3 is 2.29 bits per heavy atom. The van der Waals surface area contributed by atoms with Crippen molar-refractivity contribution in [3.63, 3.8) is 0 Å². The van der Waals surface area contributed by atoms with Crippen molar-refractivity contribution in [2.75, 3.05) is 38.5 Å². The summed E-state index contributed by atoms with van der Waals surface area (Å²) in [6.07, 6.45) is 0.991. The van der Waals surface area contributed by atoms with E-state index in [0.717, 1.165) is 37.1 Å². The molecule has 0 spiro atoms. The van der Waals surface area contributed by atoms with E-state index in [0.29, 0.717) is 17.8 Å². The highest BCUT2D eigenvalue weighted by Gasteiger charge is 2.15. The van der Waals surface area contributed by atoms with Crippen LogP contribution in [0.5, 0.6) is 0 Å². The van der Waals surface area contributed by atoms with Crippen molar-refractivity contribution < 1.29 is 4.79 Å². The summed E-state index contributed by atoms with van der Waals surface area (Å²) >= 11 is 3.39. The summed E-state index contributed by atoms with van der Waals surface area (Å²) in [5.41, 5.74) is 7.06. The van der Waals surface area contributed by atoms with E-state index >= 15 is 0 Å². The van der Waals surface area contributed by atoms with Gasteiger partial charge in [0, 0.05) is 28.8 Å². The monoisotopic (exact) mass is 355 g/mol. The van der Waals surface area contributed by atoms with Crippen molar-refractivity contribution in [3.8, 4) is 0 Å². The smallest absolute Gasteiger partial charge is 0.253 e. The van der Waals surface area contributed by atoms with E-state index in [9.17, 15) is 4.79 Å². The van der Waals surface area contributed by atoms with Gasteiger partial charge in [0.25, 0.3) is 5.91 Å². The van der Waals surface area contributed by atoms with Crippen LogP contribution in [0.4, 0.5) is 5.69 Å². The number of nitrogen functional groups attached to an aromatic ring is 1. The second-order valence-electron chi connectivity index (χ2n) is 5.04. The number of benzene rings is 1. The highest BCUT2D eigenvalue weighted by molar-refractivity contribution is 9.10. The van der Waals surface area contributed by atoms with Crippen molar-refractivity contribution in [2.45, 2.75) is 27.2 Å². The standard InChI is InChI=1S/C16H26BrN3O/c1-4-19(5-2)8-7-9-20(6-3)16(21)13-10-14(17)12-15(18)11-13/h10-12H,4-9,18H2,1-3H3. The summed E-state index contributed by atoms with van der Waals surface area (Å²) in [5.74, 6) is 0.0463. The summed E-state index contributed by atoms with van der Waals surface area (Å²) in [4.78, 5) is 16.8. The van der Waals surface area contributed by atoms with Gasteiger partial charge in [-0.05, 0) is 51.2 Å². The van der Waals surface area contributed by atoms with Crippen LogP contribution in [0.15, 0.2) is 22.7 Å². The van der Waals surface area contributed by atoms with Crippen molar-refractivity contribution in [1.29, 1.82) is 0 Å². The van der Waals surface area contributed by atoms with E-state index in [1.165, 1.54) is 0 Å². The first-order valence-corrected chi connectivity index (χ1v) is 8.38. The van der Waals surface area contributed by atoms with Gasteiger partial charge in [-0.15, -0.1) is 0 Å². The fourth-order valence-electron chi connectivity index (χ4n) is 2.35. The van der Waals surface area contributed by atoms with Gasteiger partial charge in [0.05, 0.1) is 0 Å². The molecule has 1 aromatic carbocycles. The van der Waals surface area contributed by atoms with Crippen LogP contribution in [0.25, 0.3) is 0 Å². The van der Waals surface area contributed by atoms with Crippen LogP contribution in [0.2, 0.25) is 0 Å². The summed E-state index contributed by atoms with van der Waals surface area (Å²) in [6.45, 7) is 11.0. The molecular formula is C16H26BrN3O. The number of carbonyl (C=O) groups excluding carboxylic acids is 1. The minimum atomic E-state index is 0.0463. The van der Waals surface area contributed by atoms with Gasteiger partial charge in [-0.2, -0.15) is 0 Å². The van der Waals surface area contributed by atoms with Gasteiger partial charge in [-0.3, -0.25) is 4.79 Å². The highest BCUT2D eigenvalue weighted by atomic mass is 79.9. The van der Waals surface area contributed by atoms with E-state index in [2.05, 4.69) is 34.7 Å². The zero-order valence-electron chi connectivity index (χ0n) is 13.2. The normalized spacial score (nSPS) is 10.9. The van der Waals surface area contributed by atoms with Crippen LogP contribution in [0.1, 0.15) is 37.6 Å². The maximum Gasteiger partial charge on any atom is 0.253 e. The van der Waals surface area contributed by atoms with Gasteiger partial charge in [0.2, 0.25) is 0 Å². The van der Waals surface area contributed by atoms with E-state index in [-0.39, 0.29) is 5.91 Å². The Morgan fingerprint density at radius 1 is 1.10 bits per heavy atom. The lowest BCUT2D eigenvalue weighted by atomic mass is 10.1. The molecule has 0 aromatic heterocycles. The van der Waals surface area contributed by atoms with Crippen molar-refractivity contribution in [2.24, 2.45) is 0 Å². The zero-order valence-corrected chi connectivity index (χ0v) is 14.8. The van der Waals surface area contributed by atoms with Gasteiger partial charge >= 0.3 is 0 Å². The van der Waals surface area contributed by atoms with Crippen LogP contribution in [0.3, 0.4) is 0 Å². The molecule has 0 saturated carbocycles. The molecule has 0 saturated heterocycles. The molecule has 1 amide bonds. The highest BCUT2D eigenvalue weighted by Crippen LogP contribution is 2.18. The van der Waals surface area contributed by atoms with Crippen LogP contribution >= 0.6 is 15.9 Å². The van der Waals surface area contributed by atoms with Gasteiger partial charge < -0.3 is 15.5 Å². The molecule has 118 valence electrons. The lowest BCUT2D eigenvalue weighted by Gasteiger charge is -2.24. The summed E-state index contributed by atoms with van der Waals surface area (Å²) < 4.78 is 0.838. The predicted octanol–water partition coefficient (Wildman–Crippen LogP) is 3.23. The Balaban J connectivity index is 2.64. The number of halogens is 1. The lowest BCUT2D eigenvalue weighted by Crippen LogP contribution is -2.34. The van der Waals surface area contributed by atoms with Crippen LogP contribution in [-0.4, -0.2) is 48.4 Å². The van der Waals surface area contributed by atoms with E-state index in [1.807, 2.05) is 17.9 Å². The van der Waals surface area contributed by atoms with Crippen molar-refractivity contribution in [3.05, 3.63) is 28.2 Å². The number of rotatable bonds is 8. The molecule has 2 N–H and O–H groups in total. The third-order valence-corrected chi connectivity index (χ3v) is 4.09. The van der Waals surface area contributed by atoms with Gasteiger partial charge in [-0.25, -0.2) is 0 Å². The average molecular weight is 356 g/mol. The molecule has 0 unspecified atom stereocenters. The number of hydrogen-bond donors (Lipinski definition) is 1. The summed E-state index contributed by atoms with van der Waals surface area (Å²) in [6, 6.07) is 5.36. The fourth-order valence-corrected chi connectivity index (χ4v) is 2.86. The third-order valence-electron chi connectivity index (χ3n) is 3.63. The first-order valence-electron chi connectivity index (χ1n) is 7.59. The molecule has 0 heterocycles. The minimum Gasteiger partial charge on any atom is -0.399 e. The second kappa shape index (κ2) is 9.05. The number of nitrogens with zero attached hydrogens (tertiary/aromatic N) is 2. The molecule has 1 aromatic rings. The van der Waals surface area contributed by atoms with Crippen LogP contribution < -0.4 is 5.73 Å². The molecule has 21 heavy (non-hydrogen) atoms. The lowest BCUT2D eigenvalue weighted by molar-refractivity contribution is 0.0757. The summed E-state index contributed by atoms with van der Waals surface area (Å²) in [5, 5.41) is 0. The van der Waals surface area contributed by atoms with Gasteiger partial charge in [0.15, 0.2) is 0 Å². The van der Waals surface area contributed by atoms with E-state index in [4.69, 9.17) is 5.73 Å². The summed E-state index contributed by atoms with van der Waals surface area (Å²) in [7, 11) is 0. The minimum absolute atomic E-state index is 0.0463. The Bertz CT molecular complexity index is 441.